The van der Waals surface area contributed by atoms with Crippen molar-refractivity contribution in [3.63, 3.8) is 0 Å². The number of aromatic hydroxyl groups is 2. The summed E-state index contributed by atoms with van der Waals surface area (Å²) >= 11 is 6.43. The molecule has 2 aromatic carbocycles. The number of phenolic OH excluding ortho intramolecular Hbond substituents is 2. The fraction of sp³-hybridized carbons (Fsp3) is 0.455. The van der Waals surface area contributed by atoms with Gasteiger partial charge in [0.1, 0.15) is 11.5 Å². The molecule has 136 valence electrons. The second-order valence-corrected chi connectivity index (χ2v) is 7.17. The van der Waals surface area contributed by atoms with Crippen LogP contribution in [0.3, 0.4) is 0 Å². The summed E-state index contributed by atoms with van der Waals surface area (Å²) in [5.41, 5.74) is 8.26. The molecule has 25 heavy (non-hydrogen) atoms. The third kappa shape index (κ3) is 3.37. The van der Waals surface area contributed by atoms with E-state index in [-0.39, 0.29) is 5.92 Å². The Hall–Kier alpha value is -1.67. The van der Waals surface area contributed by atoms with Crippen LogP contribution < -0.4 is 0 Å². The molecular formula is C22H29ClO2. The second-order valence-electron chi connectivity index (χ2n) is 6.86. The van der Waals surface area contributed by atoms with Crippen molar-refractivity contribution in [2.45, 2.75) is 60.3 Å². The van der Waals surface area contributed by atoms with Gasteiger partial charge in [0.05, 0.1) is 0 Å². The molecule has 0 fully saturated rings. The lowest BCUT2D eigenvalue weighted by molar-refractivity contribution is 0.463. The van der Waals surface area contributed by atoms with E-state index in [1.807, 2.05) is 27.7 Å². The van der Waals surface area contributed by atoms with Gasteiger partial charge in [-0.05, 0) is 85.0 Å². The van der Waals surface area contributed by atoms with Crippen molar-refractivity contribution in [2.24, 2.45) is 0 Å². The molecule has 2 aromatic rings. The first kappa shape index (κ1) is 19.7. The quantitative estimate of drug-likeness (QED) is 0.659. The summed E-state index contributed by atoms with van der Waals surface area (Å²) in [5.74, 6) is 1.29. The zero-order valence-corrected chi connectivity index (χ0v) is 16.9. The Bertz CT molecular complexity index is 728. The SMILES string of the molecule is CCc1cc(C(CCl)c2cc(CC)c(O)c(C)c2C)c(C)c(C)c1O. The molecule has 0 saturated carbocycles. The van der Waals surface area contributed by atoms with Crippen LogP contribution in [0.15, 0.2) is 12.1 Å². The molecule has 2 nitrogen and oxygen atoms in total. The monoisotopic (exact) mass is 360 g/mol. The molecule has 0 amide bonds. The van der Waals surface area contributed by atoms with Crippen LogP contribution in [0.25, 0.3) is 0 Å². The number of alkyl halides is 1. The Morgan fingerprint density at radius 1 is 0.760 bits per heavy atom. The summed E-state index contributed by atoms with van der Waals surface area (Å²) in [4.78, 5) is 0. The van der Waals surface area contributed by atoms with E-state index in [2.05, 4.69) is 26.0 Å². The lowest BCUT2D eigenvalue weighted by Gasteiger charge is -2.25. The predicted molar refractivity (Wildman–Crippen MR) is 106 cm³/mol. The molecule has 0 bridgehead atoms. The van der Waals surface area contributed by atoms with Gasteiger partial charge < -0.3 is 10.2 Å². The molecule has 0 heterocycles. The minimum absolute atomic E-state index is 0.0378. The van der Waals surface area contributed by atoms with Gasteiger partial charge in [-0.15, -0.1) is 11.6 Å². The Morgan fingerprint density at radius 2 is 1.12 bits per heavy atom. The predicted octanol–water partition coefficient (Wildman–Crippen LogP) is 5.83. The lowest BCUT2D eigenvalue weighted by atomic mass is 9.82. The number of rotatable bonds is 5. The van der Waals surface area contributed by atoms with Gasteiger partial charge in [0.15, 0.2) is 0 Å². The number of hydrogen-bond acceptors (Lipinski definition) is 2. The first-order valence-electron chi connectivity index (χ1n) is 8.98. The summed E-state index contributed by atoms with van der Waals surface area (Å²) < 4.78 is 0. The Labute approximate surface area is 156 Å². The van der Waals surface area contributed by atoms with Gasteiger partial charge in [0.25, 0.3) is 0 Å². The fourth-order valence-electron chi connectivity index (χ4n) is 3.60. The van der Waals surface area contributed by atoms with Crippen LogP contribution in [0.1, 0.15) is 64.3 Å². The standard InChI is InChI=1S/C22H29ClO2/c1-7-16-9-18(12(3)14(5)21(16)24)20(11-23)19-10-17(8-2)22(25)15(6)13(19)4/h9-10,20,24-25H,7-8,11H2,1-6H3. The smallest absolute Gasteiger partial charge is 0.121 e. The van der Waals surface area contributed by atoms with Crippen molar-refractivity contribution in [1.82, 2.24) is 0 Å². The minimum Gasteiger partial charge on any atom is -0.507 e. The van der Waals surface area contributed by atoms with E-state index in [4.69, 9.17) is 11.6 Å². The van der Waals surface area contributed by atoms with Crippen LogP contribution in [0.4, 0.5) is 0 Å². The third-order valence-corrected chi connectivity index (χ3v) is 5.94. The molecule has 0 radical (unpaired) electrons. The third-order valence-electron chi connectivity index (χ3n) is 5.64. The molecule has 0 aromatic heterocycles. The topological polar surface area (TPSA) is 40.5 Å². The average Bonchev–Trinajstić information content (AvgIpc) is 2.61. The maximum atomic E-state index is 10.4. The van der Waals surface area contributed by atoms with Gasteiger partial charge in [-0.3, -0.25) is 0 Å². The molecule has 0 saturated heterocycles. The number of halogens is 1. The minimum atomic E-state index is 0.0378. The molecule has 0 aliphatic carbocycles. The molecule has 0 spiro atoms. The highest BCUT2D eigenvalue weighted by Gasteiger charge is 2.23. The average molecular weight is 361 g/mol. The highest BCUT2D eigenvalue weighted by molar-refractivity contribution is 6.18. The summed E-state index contributed by atoms with van der Waals surface area (Å²) in [7, 11) is 0. The van der Waals surface area contributed by atoms with Gasteiger partial charge in [-0.2, -0.15) is 0 Å². The summed E-state index contributed by atoms with van der Waals surface area (Å²) in [6.45, 7) is 12.1. The first-order valence-corrected chi connectivity index (χ1v) is 9.51. The van der Waals surface area contributed by atoms with Crippen LogP contribution in [0, 0.1) is 27.7 Å². The zero-order chi connectivity index (χ0) is 18.9. The maximum Gasteiger partial charge on any atom is 0.121 e. The normalized spacial score (nSPS) is 11.4. The number of phenols is 2. The lowest BCUT2D eigenvalue weighted by Crippen LogP contribution is -2.10. The van der Waals surface area contributed by atoms with Gasteiger partial charge >= 0.3 is 0 Å². The molecule has 0 atom stereocenters. The van der Waals surface area contributed by atoms with Crippen LogP contribution in [0.5, 0.6) is 11.5 Å². The molecule has 2 rings (SSSR count). The van der Waals surface area contributed by atoms with Crippen molar-refractivity contribution in [1.29, 1.82) is 0 Å². The van der Waals surface area contributed by atoms with Crippen LogP contribution in [-0.4, -0.2) is 16.1 Å². The second kappa shape index (κ2) is 7.70. The van der Waals surface area contributed by atoms with Crippen molar-refractivity contribution < 1.29 is 10.2 Å². The zero-order valence-electron chi connectivity index (χ0n) is 16.1. The van der Waals surface area contributed by atoms with Crippen molar-refractivity contribution in [3.8, 4) is 11.5 Å². The van der Waals surface area contributed by atoms with Crippen LogP contribution in [-0.2, 0) is 12.8 Å². The van der Waals surface area contributed by atoms with E-state index >= 15 is 0 Å². The summed E-state index contributed by atoms with van der Waals surface area (Å²) in [6, 6.07) is 4.19. The Morgan fingerprint density at radius 3 is 1.40 bits per heavy atom. The van der Waals surface area contributed by atoms with E-state index in [1.54, 1.807) is 0 Å². The summed E-state index contributed by atoms with van der Waals surface area (Å²) in [5, 5.41) is 20.8. The van der Waals surface area contributed by atoms with E-state index in [0.29, 0.717) is 17.4 Å². The maximum absolute atomic E-state index is 10.4. The van der Waals surface area contributed by atoms with Gasteiger partial charge in [-0.25, -0.2) is 0 Å². The largest absolute Gasteiger partial charge is 0.507 e. The van der Waals surface area contributed by atoms with Crippen molar-refractivity contribution >= 4 is 11.6 Å². The molecular weight excluding hydrogens is 332 g/mol. The van der Waals surface area contributed by atoms with E-state index in [9.17, 15) is 10.2 Å². The molecule has 0 unspecified atom stereocenters. The molecule has 2 N–H and O–H groups in total. The highest BCUT2D eigenvalue weighted by Crippen LogP contribution is 2.39. The number of hydrogen-bond donors (Lipinski definition) is 2. The molecule has 3 heteroatoms. The van der Waals surface area contributed by atoms with Gasteiger partial charge in [0.2, 0.25) is 0 Å². The Balaban J connectivity index is 2.74. The van der Waals surface area contributed by atoms with Crippen LogP contribution in [0.2, 0.25) is 0 Å². The number of aryl methyl sites for hydroxylation is 2. The summed E-state index contributed by atoms with van der Waals surface area (Å²) in [6.07, 6.45) is 1.56. The number of benzene rings is 2. The molecule has 0 aliphatic rings. The first-order chi connectivity index (χ1) is 11.8. The van der Waals surface area contributed by atoms with E-state index in [1.165, 1.54) is 0 Å². The van der Waals surface area contributed by atoms with Crippen molar-refractivity contribution in [3.05, 3.63) is 56.6 Å². The Kier molecular flexibility index (Phi) is 6.05. The van der Waals surface area contributed by atoms with E-state index in [0.717, 1.165) is 57.3 Å². The highest BCUT2D eigenvalue weighted by atomic mass is 35.5. The fourth-order valence-corrected chi connectivity index (χ4v) is 3.93. The van der Waals surface area contributed by atoms with Crippen molar-refractivity contribution in [2.75, 3.05) is 5.88 Å². The van der Waals surface area contributed by atoms with Gasteiger partial charge in [-0.1, -0.05) is 26.0 Å². The van der Waals surface area contributed by atoms with Gasteiger partial charge in [0, 0.05) is 11.8 Å². The van der Waals surface area contributed by atoms with E-state index < -0.39 is 0 Å². The molecule has 0 aliphatic heterocycles. The van der Waals surface area contributed by atoms with Crippen LogP contribution >= 0.6 is 11.6 Å².